The van der Waals surface area contributed by atoms with Gasteiger partial charge in [0.2, 0.25) is 6.79 Å². The van der Waals surface area contributed by atoms with Crippen molar-refractivity contribution in [1.82, 2.24) is 15.1 Å². The van der Waals surface area contributed by atoms with Gasteiger partial charge in [0.25, 0.3) is 5.91 Å². The first-order valence-corrected chi connectivity index (χ1v) is 11.1. The Bertz CT molecular complexity index is 1340. The smallest absolute Gasteiger partial charge is 0.272 e. The molecule has 1 N–H and O–H groups in total. The maximum atomic E-state index is 13.0. The van der Waals surface area contributed by atoms with Crippen molar-refractivity contribution in [2.45, 2.75) is 13.1 Å². The monoisotopic (exact) mass is 475 g/mol. The highest BCUT2D eigenvalue weighted by Crippen LogP contribution is 2.33. The predicted molar refractivity (Wildman–Crippen MR) is 129 cm³/mol. The number of nitrogens with zero attached hydrogens (tertiary/aromatic N) is 2. The highest BCUT2D eigenvalue weighted by Gasteiger charge is 2.19. The van der Waals surface area contributed by atoms with Crippen molar-refractivity contribution in [2.24, 2.45) is 0 Å². The van der Waals surface area contributed by atoms with E-state index in [1.807, 2.05) is 54.6 Å². The molecule has 0 atom stereocenters. The van der Waals surface area contributed by atoms with Crippen LogP contribution >= 0.6 is 11.6 Å². The number of carbonyl (C=O) groups is 1. The van der Waals surface area contributed by atoms with Crippen molar-refractivity contribution in [1.29, 1.82) is 0 Å². The number of carbonyl (C=O) groups excluding carboxylic acids is 1. The van der Waals surface area contributed by atoms with Gasteiger partial charge in [0.15, 0.2) is 17.2 Å². The number of methoxy groups -OCH3 is 1. The molecule has 5 rings (SSSR count). The second-order valence-electron chi connectivity index (χ2n) is 7.77. The van der Waals surface area contributed by atoms with Crippen molar-refractivity contribution < 1.29 is 19.0 Å². The van der Waals surface area contributed by atoms with Gasteiger partial charge in [-0.25, -0.2) is 0 Å². The summed E-state index contributed by atoms with van der Waals surface area (Å²) in [6.07, 6.45) is 0. The van der Waals surface area contributed by atoms with Gasteiger partial charge < -0.3 is 19.5 Å². The molecule has 0 unspecified atom stereocenters. The van der Waals surface area contributed by atoms with Crippen LogP contribution in [0.2, 0.25) is 5.02 Å². The fourth-order valence-corrected chi connectivity index (χ4v) is 3.99. The minimum absolute atomic E-state index is 0.208. The average Bonchev–Trinajstić information content (AvgIpc) is 3.50. The van der Waals surface area contributed by atoms with Crippen molar-refractivity contribution in [2.75, 3.05) is 13.9 Å². The lowest BCUT2D eigenvalue weighted by Crippen LogP contribution is -2.23. The van der Waals surface area contributed by atoms with Crippen LogP contribution < -0.4 is 19.5 Å². The number of aromatic nitrogens is 2. The second kappa shape index (κ2) is 9.49. The van der Waals surface area contributed by atoms with Crippen LogP contribution in [0.5, 0.6) is 17.2 Å². The molecule has 4 aromatic rings. The van der Waals surface area contributed by atoms with E-state index >= 15 is 0 Å². The normalized spacial score (nSPS) is 11.9. The molecule has 7 nitrogen and oxygen atoms in total. The molecule has 0 bridgehead atoms. The highest BCUT2D eigenvalue weighted by atomic mass is 35.5. The maximum Gasteiger partial charge on any atom is 0.272 e. The van der Waals surface area contributed by atoms with E-state index in [0.29, 0.717) is 41.1 Å². The number of hydrogen-bond acceptors (Lipinski definition) is 5. The molecule has 8 heteroatoms. The molecule has 172 valence electrons. The summed E-state index contributed by atoms with van der Waals surface area (Å²) in [5.74, 6) is 1.76. The van der Waals surface area contributed by atoms with E-state index in [9.17, 15) is 4.79 Å². The molecule has 1 aromatic heterocycles. The second-order valence-corrected chi connectivity index (χ2v) is 8.18. The summed E-state index contributed by atoms with van der Waals surface area (Å²) in [6.45, 7) is 1.02. The fourth-order valence-electron chi connectivity index (χ4n) is 3.77. The van der Waals surface area contributed by atoms with E-state index in [1.54, 1.807) is 30.0 Å². The van der Waals surface area contributed by atoms with Gasteiger partial charge in [0.05, 0.1) is 24.4 Å². The largest absolute Gasteiger partial charge is 0.497 e. The van der Waals surface area contributed by atoms with Crippen LogP contribution in [0.25, 0.3) is 11.3 Å². The van der Waals surface area contributed by atoms with E-state index < -0.39 is 0 Å². The van der Waals surface area contributed by atoms with Gasteiger partial charge in [-0.15, -0.1) is 0 Å². The van der Waals surface area contributed by atoms with Crippen LogP contribution in [0.3, 0.4) is 0 Å². The Morgan fingerprint density at radius 2 is 1.85 bits per heavy atom. The molecule has 1 amide bonds. The Morgan fingerprint density at radius 1 is 1.03 bits per heavy atom. The molecule has 0 spiro atoms. The molecule has 0 aliphatic carbocycles. The lowest BCUT2D eigenvalue weighted by Gasteiger charge is -2.10. The number of hydrogen-bond donors (Lipinski definition) is 1. The van der Waals surface area contributed by atoms with Gasteiger partial charge in [-0.05, 0) is 47.5 Å². The summed E-state index contributed by atoms with van der Waals surface area (Å²) >= 11 is 6.52. The zero-order chi connectivity index (χ0) is 23.5. The van der Waals surface area contributed by atoms with Gasteiger partial charge in [-0.3, -0.25) is 9.48 Å². The zero-order valence-electron chi connectivity index (χ0n) is 18.5. The van der Waals surface area contributed by atoms with Gasteiger partial charge in [-0.2, -0.15) is 5.10 Å². The Morgan fingerprint density at radius 3 is 2.68 bits per heavy atom. The first kappa shape index (κ1) is 21.9. The Labute approximate surface area is 201 Å². The van der Waals surface area contributed by atoms with E-state index in [-0.39, 0.29) is 12.7 Å². The first-order valence-electron chi connectivity index (χ1n) is 10.7. The number of amides is 1. The minimum Gasteiger partial charge on any atom is -0.497 e. The van der Waals surface area contributed by atoms with Gasteiger partial charge in [0.1, 0.15) is 5.75 Å². The van der Waals surface area contributed by atoms with Crippen LogP contribution in [0.15, 0.2) is 72.8 Å². The third kappa shape index (κ3) is 4.56. The molecule has 34 heavy (non-hydrogen) atoms. The van der Waals surface area contributed by atoms with Crippen LogP contribution in [0.1, 0.15) is 21.6 Å². The summed E-state index contributed by atoms with van der Waals surface area (Å²) in [5.41, 5.74) is 3.71. The highest BCUT2D eigenvalue weighted by molar-refractivity contribution is 6.33. The molecule has 3 aromatic carbocycles. The Balaban J connectivity index is 1.43. The van der Waals surface area contributed by atoms with Crippen LogP contribution in [0.4, 0.5) is 0 Å². The van der Waals surface area contributed by atoms with E-state index in [4.69, 9.17) is 25.8 Å². The summed E-state index contributed by atoms with van der Waals surface area (Å²) in [5, 5.41) is 8.08. The van der Waals surface area contributed by atoms with Crippen LogP contribution in [0, 0.1) is 0 Å². The van der Waals surface area contributed by atoms with Crippen molar-refractivity contribution >= 4 is 17.5 Å². The zero-order valence-corrected chi connectivity index (χ0v) is 19.2. The number of rotatable bonds is 7. The quantitative estimate of drug-likeness (QED) is 0.410. The third-order valence-corrected chi connectivity index (χ3v) is 5.86. The van der Waals surface area contributed by atoms with Gasteiger partial charge in [-0.1, -0.05) is 48.0 Å². The van der Waals surface area contributed by atoms with E-state index in [1.165, 1.54) is 0 Å². The third-order valence-electron chi connectivity index (χ3n) is 5.53. The topological polar surface area (TPSA) is 74.6 Å². The number of nitrogens with one attached hydrogen (secondary N) is 1. The first-order chi connectivity index (χ1) is 16.6. The number of benzene rings is 3. The standard InChI is InChI=1S/C26H22ClN3O4/c1-32-19-8-9-21(27)20(12-19)23-13-22(29-30(23)15-17-5-3-2-4-6-17)26(31)28-14-18-7-10-24-25(11-18)34-16-33-24/h2-13H,14-16H2,1H3,(H,28,31). The van der Waals surface area contributed by atoms with Crippen LogP contribution in [-0.2, 0) is 13.1 Å². The number of ether oxygens (including phenoxy) is 3. The summed E-state index contributed by atoms with van der Waals surface area (Å²) in [4.78, 5) is 13.0. The average molecular weight is 476 g/mol. The molecule has 0 fully saturated rings. The molecule has 1 aliphatic rings. The molecule has 1 aliphatic heterocycles. The molecular formula is C26H22ClN3O4. The fraction of sp³-hybridized carbons (Fsp3) is 0.154. The summed E-state index contributed by atoms with van der Waals surface area (Å²) in [6, 6.07) is 22.7. The summed E-state index contributed by atoms with van der Waals surface area (Å²) in [7, 11) is 1.60. The molecule has 0 radical (unpaired) electrons. The lowest BCUT2D eigenvalue weighted by atomic mass is 10.1. The molecule has 0 saturated heterocycles. The SMILES string of the molecule is COc1ccc(Cl)c(-c2cc(C(=O)NCc3ccc4c(c3)OCO4)nn2Cc2ccccc2)c1. The number of fused-ring (bicyclic) bond motifs is 1. The Kier molecular flexibility index (Phi) is 6.10. The minimum atomic E-state index is -0.287. The number of halogens is 1. The van der Waals surface area contributed by atoms with Gasteiger partial charge >= 0.3 is 0 Å². The van der Waals surface area contributed by atoms with Crippen molar-refractivity contribution in [3.63, 3.8) is 0 Å². The Hall–Kier alpha value is -3.97. The maximum absolute atomic E-state index is 13.0. The van der Waals surface area contributed by atoms with Crippen molar-refractivity contribution in [3.05, 3.63) is 94.6 Å². The van der Waals surface area contributed by atoms with Gasteiger partial charge in [0, 0.05) is 12.1 Å². The lowest BCUT2D eigenvalue weighted by molar-refractivity contribution is 0.0945. The van der Waals surface area contributed by atoms with Crippen molar-refractivity contribution in [3.8, 4) is 28.5 Å². The molecule has 0 saturated carbocycles. The predicted octanol–water partition coefficient (Wildman–Crippen LogP) is 4.92. The molecular weight excluding hydrogens is 454 g/mol. The van der Waals surface area contributed by atoms with Crippen LogP contribution in [-0.4, -0.2) is 29.6 Å². The molecule has 2 heterocycles. The van der Waals surface area contributed by atoms with E-state index in [2.05, 4.69) is 10.4 Å². The van der Waals surface area contributed by atoms with E-state index in [0.717, 1.165) is 22.4 Å². The summed E-state index contributed by atoms with van der Waals surface area (Å²) < 4.78 is 17.9.